The molecule has 2 rings (SSSR count). The zero-order valence-electron chi connectivity index (χ0n) is 12.3. The molecule has 0 spiro atoms. The summed E-state index contributed by atoms with van der Waals surface area (Å²) in [6.45, 7) is 1.71. The van der Waals surface area contributed by atoms with E-state index >= 15 is 0 Å². The number of hydrogen-bond donors (Lipinski definition) is 2. The number of benzene rings is 1. The van der Waals surface area contributed by atoms with E-state index in [-0.39, 0.29) is 24.4 Å². The normalized spacial score (nSPS) is 18.4. The van der Waals surface area contributed by atoms with Crippen molar-refractivity contribution >= 4 is 29.9 Å². The van der Waals surface area contributed by atoms with Crippen LogP contribution in [0, 0.1) is 5.92 Å². The molecule has 1 saturated carbocycles. The van der Waals surface area contributed by atoms with Crippen molar-refractivity contribution in [3.63, 3.8) is 0 Å². The Morgan fingerprint density at radius 1 is 1.33 bits per heavy atom. The lowest BCUT2D eigenvalue weighted by Crippen LogP contribution is -2.42. The number of rotatable bonds is 4. The molecule has 0 radical (unpaired) electrons. The summed E-state index contributed by atoms with van der Waals surface area (Å²) >= 11 is 6.09. The van der Waals surface area contributed by atoms with Crippen molar-refractivity contribution in [3.8, 4) is 0 Å². The van der Waals surface area contributed by atoms with E-state index in [1.165, 1.54) is 19.3 Å². The van der Waals surface area contributed by atoms with Crippen LogP contribution in [0.2, 0.25) is 5.02 Å². The number of carbonyl (C=O) groups is 1. The first-order valence-electron chi connectivity index (χ1n) is 7.39. The van der Waals surface area contributed by atoms with Crippen molar-refractivity contribution in [2.75, 3.05) is 0 Å². The Balaban J connectivity index is 0.00000220. The van der Waals surface area contributed by atoms with E-state index in [0.717, 1.165) is 18.4 Å². The van der Waals surface area contributed by atoms with E-state index in [0.29, 0.717) is 10.9 Å². The highest BCUT2D eigenvalue weighted by Gasteiger charge is 2.27. The lowest BCUT2D eigenvalue weighted by atomic mass is 9.81. The summed E-state index contributed by atoms with van der Waals surface area (Å²) < 4.78 is 0. The first kappa shape index (κ1) is 18.3. The van der Waals surface area contributed by atoms with Crippen LogP contribution >= 0.6 is 24.0 Å². The van der Waals surface area contributed by atoms with Gasteiger partial charge >= 0.3 is 0 Å². The Labute approximate surface area is 138 Å². The van der Waals surface area contributed by atoms with Crippen molar-refractivity contribution in [1.82, 2.24) is 5.32 Å². The Morgan fingerprint density at radius 3 is 2.57 bits per heavy atom. The molecule has 118 valence electrons. The fourth-order valence-electron chi connectivity index (χ4n) is 2.93. The molecule has 21 heavy (non-hydrogen) atoms. The standard InChI is InChI=1S/C16H23ClN2O.ClH/c1-11(18)16(20)19-15(12-6-3-2-4-7-12)13-8-5-9-14(17)10-13;/h5,8-12,15H,2-4,6-7,18H2,1H3,(H,19,20);1H/t11-,15?;/m0./s1. The number of halogens is 2. The molecule has 1 aromatic rings. The van der Waals surface area contributed by atoms with Crippen LogP contribution in [-0.4, -0.2) is 11.9 Å². The predicted octanol–water partition coefficient (Wildman–Crippen LogP) is 3.85. The van der Waals surface area contributed by atoms with Gasteiger partial charge < -0.3 is 11.1 Å². The molecule has 2 atom stereocenters. The van der Waals surface area contributed by atoms with Gasteiger partial charge in [-0.3, -0.25) is 4.79 Å². The third-order valence-corrected chi connectivity index (χ3v) is 4.28. The number of hydrogen-bond acceptors (Lipinski definition) is 2. The van der Waals surface area contributed by atoms with Gasteiger partial charge in [-0.25, -0.2) is 0 Å². The Bertz CT molecular complexity index is 459. The Kier molecular flexibility index (Phi) is 7.50. The van der Waals surface area contributed by atoms with Crippen LogP contribution in [0.15, 0.2) is 24.3 Å². The van der Waals surface area contributed by atoms with Crippen molar-refractivity contribution in [2.24, 2.45) is 11.7 Å². The highest BCUT2D eigenvalue weighted by atomic mass is 35.5. The molecule has 1 aliphatic rings. The molecule has 0 saturated heterocycles. The van der Waals surface area contributed by atoms with Crippen molar-refractivity contribution < 1.29 is 4.79 Å². The molecule has 1 amide bonds. The van der Waals surface area contributed by atoms with Gasteiger partial charge in [-0.05, 0) is 43.4 Å². The molecule has 1 aliphatic carbocycles. The maximum Gasteiger partial charge on any atom is 0.237 e. The summed E-state index contributed by atoms with van der Waals surface area (Å²) in [6, 6.07) is 7.31. The van der Waals surface area contributed by atoms with E-state index in [1.807, 2.05) is 24.3 Å². The summed E-state index contributed by atoms with van der Waals surface area (Å²) in [4.78, 5) is 12.0. The van der Waals surface area contributed by atoms with Crippen LogP contribution in [0.1, 0.15) is 50.6 Å². The molecule has 1 aromatic carbocycles. The molecule has 0 bridgehead atoms. The lowest BCUT2D eigenvalue weighted by Gasteiger charge is -2.32. The van der Waals surface area contributed by atoms with Crippen LogP contribution in [0.3, 0.4) is 0 Å². The van der Waals surface area contributed by atoms with Crippen LogP contribution in [0.5, 0.6) is 0 Å². The van der Waals surface area contributed by atoms with Gasteiger partial charge in [0.05, 0.1) is 12.1 Å². The van der Waals surface area contributed by atoms with Crippen molar-refractivity contribution in [3.05, 3.63) is 34.9 Å². The number of nitrogens with one attached hydrogen (secondary N) is 1. The van der Waals surface area contributed by atoms with Gasteiger partial charge in [0.15, 0.2) is 0 Å². The number of nitrogens with two attached hydrogens (primary N) is 1. The average Bonchev–Trinajstić information content (AvgIpc) is 2.45. The molecule has 0 aliphatic heterocycles. The van der Waals surface area contributed by atoms with Gasteiger partial charge in [-0.2, -0.15) is 0 Å². The number of carbonyl (C=O) groups excluding carboxylic acids is 1. The lowest BCUT2D eigenvalue weighted by molar-refractivity contribution is -0.123. The minimum atomic E-state index is -0.486. The molecule has 1 fully saturated rings. The van der Waals surface area contributed by atoms with Crippen molar-refractivity contribution in [1.29, 1.82) is 0 Å². The monoisotopic (exact) mass is 330 g/mol. The van der Waals surface area contributed by atoms with E-state index in [9.17, 15) is 4.79 Å². The van der Waals surface area contributed by atoms with E-state index < -0.39 is 6.04 Å². The van der Waals surface area contributed by atoms with Gasteiger partial charge in [0.2, 0.25) is 5.91 Å². The third kappa shape index (κ3) is 5.17. The van der Waals surface area contributed by atoms with E-state index in [2.05, 4.69) is 5.32 Å². The molecule has 5 heteroatoms. The zero-order valence-corrected chi connectivity index (χ0v) is 13.9. The predicted molar refractivity (Wildman–Crippen MR) is 89.8 cm³/mol. The smallest absolute Gasteiger partial charge is 0.237 e. The van der Waals surface area contributed by atoms with Gasteiger partial charge in [0.25, 0.3) is 0 Å². The van der Waals surface area contributed by atoms with Crippen LogP contribution in [-0.2, 0) is 4.79 Å². The quantitative estimate of drug-likeness (QED) is 0.880. The van der Waals surface area contributed by atoms with Gasteiger partial charge in [-0.1, -0.05) is 43.0 Å². The second-order valence-electron chi connectivity index (χ2n) is 5.73. The second kappa shape index (κ2) is 8.62. The first-order valence-corrected chi connectivity index (χ1v) is 7.77. The largest absolute Gasteiger partial charge is 0.348 e. The summed E-state index contributed by atoms with van der Waals surface area (Å²) in [5.41, 5.74) is 6.77. The van der Waals surface area contributed by atoms with Gasteiger partial charge in [0.1, 0.15) is 0 Å². The maximum absolute atomic E-state index is 12.0. The summed E-state index contributed by atoms with van der Waals surface area (Å²) in [5, 5.41) is 3.81. The van der Waals surface area contributed by atoms with Crippen molar-refractivity contribution in [2.45, 2.75) is 51.1 Å². The Morgan fingerprint density at radius 2 is 2.00 bits per heavy atom. The fraction of sp³-hybridized carbons (Fsp3) is 0.562. The maximum atomic E-state index is 12.0. The van der Waals surface area contributed by atoms with Crippen LogP contribution in [0.25, 0.3) is 0 Å². The van der Waals surface area contributed by atoms with E-state index in [4.69, 9.17) is 17.3 Å². The molecular formula is C16H24Cl2N2O. The topological polar surface area (TPSA) is 55.1 Å². The van der Waals surface area contributed by atoms with Gasteiger partial charge in [0, 0.05) is 5.02 Å². The van der Waals surface area contributed by atoms with Gasteiger partial charge in [-0.15, -0.1) is 12.4 Å². The molecule has 0 heterocycles. The SMILES string of the molecule is C[C@H](N)C(=O)NC(c1cccc(Cl)c1)C1CCCCC1.Cl. The zero-order chi connectivity index (χ0) is 14.5. The Hall–Kier alpha value is -0.770. The highest BCUT2D eigenvalue weighted by molar-refractivity contribution is 6.30. The minimum absolute atomic E-state index is 0. The third-order valence-electron chi connectivity index (χ3n) is 4.04. The second-order valence-corrected chi connectivity index (χ2v) is 6.16. The highest BCUT2D eigenvalue weighted by Crippen LogP contribution is 2.35. The average molecular weight is 331 g/mol. The fourth-order valence-corrected chi connectivity index (χ4v) is 3.12. The summed E-state index contributed by atoms with van der Waals surface area (Å²) in [7, 11) is 0. The molecular weight excluding hydrogens is 307 g/mol. The molecule has 0 aromatic heterocycles. The van der Waals surface area contributed by atoms with Crippen LogP contribution in [0.4, 0.5) is 0 Å². The summed E-state index contributed by atoms with van der Waals surface area (Å²) in [5.74, 6) is 0.380. The molecule has 1 unspecified atom stereocenters. The first-order chi connectivity index (χ1) is 9.58. The molecule has 3 nitrogen and oxygen atoms in total. The minimum Gasteiger partial charge on any atom is -0.348 e. The van der Waals surface area contributed by atoms with Crippen LogP contribution < -0.4 is 11.1 Å². The number of amides is 1. The van der Waals surface area contributed by atoms with E-state index in [1.54, 1.807) is 6.92 Å². The molecule has 3 N–H and O–H groups in total. The summed E-state index contributed by atoms with van der Waals surface area (Å²) in [6.07, 6.45) is 6.05.